The Bertz CT molecular complexity index is 1340. The van der Waals surface area contributed by atoms with Crippen LogP contribution in [0.4, 0.5) is 0 Å². The molecule has 0 aliphatic carbocycles. The fraction of sp³-hybridized carbons (Fsp3) is 0.120. The molecule has 0 saturated heterocycles. The lowest BCUT2D eigenvalue weighted by Crippen LogP contribution is -2.24. The van der Waals surface area contributed by atoms with Crippen molar-refractivity contribution in [2.75, 3.05) is 13.7 Å². The highest BCUT2D eigenvalue weighted by Crippen LogP contribution is 2.26. The number of carbonyl (C=O) groups excluding carboxylic acids is 1. The minimum atomic E-state index is -0.838. The van der Waals surface area contributed by atoms with Crippen LogP contribution >= 0.6 is 0 Å². The van der Waals surface area contributed by atoms with Crippen molar-refractivity contribution in [2.45, 2.75) is 6.54 Å². The van der Waals surface area contributed by atoms with E-state index >= 15 is 0 Å². The Kier molecular flexibility index (Phi) is 6.17. The van der Waals surface area contributed by atoms with Crippen molar-refractivity contribution < 1.29 is 14.6 Å². The summed E-state index contributed by atoms with van der Waals surface area (Å²) < 4.78 is 5.84. The summed E-state index contributed by atoms with van der Waals surface area (Å²) in [6.45, 7) is 1.02. The van der Waals surface area contributed by atoms with E-state index in [4.69, 9.17) is 5.73 Å². The molecule has 0 bridgehead atoms. The minimum absolute atomic E-state index is 0.306. The Hall–Kier alpha value is -4.46. The van der Waals surface area contributed by atoms with Gasteiger partial charge in [0.25, 0.3) is 5.56 Å². The third-order valence-electron chi connectivity index (χ3n) is 5.23. The Morgan fingerprint density at radius 1 is 1.00 bits per heavy atom. The van der Waals surface area contributed by atoms with Gasteiger partial charge in [-0.05, 0) is 34.4 Å². The maximum atomic E-state index is 12.1. The predicted molar refractivity (Wildman–Crippen MR) is 127 cm³/mol. The molecule has 33 heavy (non-hydrogen) atoms. The monoisotopic (exact) mass is 442 g/mol. The summed E-state index contributed by atoms with van der Waals surface area (Å²) in [6.07, 6.45) is 3.65. The lowest BCUT2D eigenvalue weighted by atomic mass is 10.1. The quantitative estimate of drug-likeness (QED) is 0.602. The number of nitrogens with two attached hydrogens (primary N) is 1. The van der Waals surface area contributed by atoms with Crippen LogP contribution < -0.4 is 11.3 Å². The van der Waals surface area contributed by atoms with E-state index in [0.29, 0.717) is 18.2 Å². The summed E-state index contributed by atoms with van der Waals surface area (Å²) in [5.74, 6) is -0.561. The van der Waals surface area contributed by atoms with Crippen molar-refractivity contribution in [1.29, 1.82) is 0 Å². The van der Waals surface area contributed by atoms with Crippen molar-refractivity contribution in [3.05, 3.63) is 99.7 Å². The number of aromatic nitrogens is 2. The fourth-order valence-corrected chi connectivity index (χ4v) is 3.53. The van der Waals surface area contributed by atoms with Crippen LogP contribution in [0, 0.1) is 0 Å². The summed E-state index contributed by atoms with van der Waals surface area (Å²) in [5.41, 5.74) is 8.79. The lowest BCUT2D eigenvalue weighted by molar-refractivity contribution is 0.0589. The Morgan fingerprint density at radius 2 is 1.61 bits per heavy atom. The normalized spacial score (nSPS) is 13.8. The molecular formula is C25H22N4O4. The van der Waals surface area contributed by atoms with Gasteiger partial charge in [-0.25, -0.2) is 9.78 Å². The molecule has 0 unspecified atom stereocenters. The van der Waals surface area contributed by atoms with Crippen molar-refractivity contribution in [3.8, 4) is 5.75 Å². The Labute approximate surface area is 190 Å². The van der Waals surface area contributed by atoms with E-state index in [1.165, 1.54) is 22.8 Å². The van der Waals surface area contributed by atoms with E-state index in [1.54, 1.807) is 6.08 Å². The number of hydrogen-bond acceptors (Lipinski definition) is 7. The highest BCUT2D eigenvalue weighted by atomic mass is 16.5. The van der Waals surface area contributed by atoms with Crippen LogP contribution in [-0.2, 0) is 11.3 Å². The zero-order valence-electron chi connectivity index (χ0n) is 17.9. The van der Waals surface area contributed by atoms with Gasteiger partial charge in [-0.3, -0.25) is 14.4 Å². The summed E-state index contributed by atoms with van der Waals surface area (Å²) in [4.78, 5) is 31.8. The summed E-state index contributed by atoms with van der Waals surface area (Å²) in [5, 5.41) is 9.80. The van der Waals surface area contributed by atoms with E-state index in [0.717, 1.165) is 17.7 Å². The number of hydrogen-bond donors (Lipinski definition) is 2. The fourth-order valence-electron chi connectivity index (χ4n) is 3.53. The largest absolute Gasteiger partial charge is 0.501 e. The molecule has 0 fully saturated rings. The number of methoxy groups -OCH3 is 1. The maximum Gasteiger partial charge on any atom is 0.360 e. The van der Waals surface area contributed by atoms with Crippen molar-refractivity contribution in [1.82, 2.24) is 9.55 Å². The number of aromatic hydroxyl groups is 1. The molecule has 2 aliphatic rings. The van der Waals surface area contributed by atoms with Gasteiger partial charge in [-0.1, -0.05) is 60.7 Å². The Morgan fingerprint density at radius 3 is 2.15 bits per heavy atom. The van der Waals surface area contributed by atoms with E-state index in [-0.39, 0.29) is 5.69 Å². The first-order chi connectivity index (χ1) is 16.0. The average molecular weight is 442 g/mol. The highest BCUT2D eigenvalue weighted by Gasteiger charge is 2.24. The highest BCUT2D eigenvalue weighted by molar-refractivity contribution is 6.02. The number of carbonyl (C=O) groups is 1. The van der Waals surface area contributed by atoms with Gasteiger partial charge in [0.15, 0.2) is 5.69 Å². The SMILES string of the molecule is COC(=O)c1nc2n(c(=O)c1O)CC(c1ccccc1)=C2.NC1=NCC(c2ccccc2)=C1. The van der Waals surface area contributed by atoms with E-state index in [1.807, 2.05) is 54.6 Å². The lowest BCUT2D eigenvalue weighted by Gasteiger charge is -2.07. The van der Waals surface area contributed by atoms with Gasteiger partial charge < -0.3 is 15.6 Å². The van der Waals surface area contributed by atoms with Gasteiger partial charge in [0.1, 0.15) is 11.7 Å². The maximum absolute atomic E-state index is 12.1. The van der Waals surface area contributed by atoms with Gasteiger partial charge in [-0.2, -0.15) is 0 Å². The second kappa shape index (κ2) is 9.35. The second-order valence-corrected chi connectivity index (χ2v) is 7.36. The molecule has 0 spiro atoms. The average Bonchev–Trinajstić information content (AvgIpc) is 3.49. The first kappa shape index (κ1) is 21.8. The summed E-state index contributed by atoms with van der Waals surface area (Å²) in [6, 6.07) is 19.7. The number of ether oxygens (including phenoxy) is 1. The molecule has 3 aromatic rings. The van der Waals surface area contributed by atoms with Crippen LogP contribution in [-0.4, -0.2) is 40.1 Å². The second-order valence-electron chi connectivity index (χ2n) is 7.36. The standard InChI is InChI=1S/C15H12N2O4.C10H10N2/c1-21-15(20)12-13(18)14(19)17-8-10(7-11(17)16-12)9-5-3-2-4-6-9;11-10-6-9(7-12-10)8-4-2-1-3-5-8/h2-7,18H,8H2,1H3;1-6H,7H2,(H2,11,12). The summed E-state index contributed by atoms with van der Waals surface area (Å²) >= 11 is 0. The zero-order valence-corrected chi connectivity index (χ0v) is 17.9. The number of allylic oxidation sites excluding steroid dienone is 1. The molecule has 166 valence electrons. The van der Waals surface area contributed by atoms with Crippen LogP contribution in [0.25, 0.3) is 17.2 Å². The third-order valence-corrected chi connectivity index (χ3v) is 5.23. The first-order valence-electron chi connectivity index (χ1n) is 10.2. The molecule has 0 radical (unpaired) electrons. The topological polar surface area (TPSA) is 120 Å². The van der Waals surface area contributed by atoms with Crippen LogP contribution in [0.3, 0.4) is 0 Å². The first-order valence-corrected chi connectivity index (χ1v) is 10.2. The van der Waals surface area contributed by atoms with Crippen LogP contribution in [0.1, 0.15) is 27.4 Å². The number of benzene rings is 2. The molecule has 1 aromatic heterocycles. The number of aliphatic imine (C=N–C) groups is 1. The van der Waals surface area contributed by atoms with Gasteiger partial charge >= 0.3 is 5.97 Å². The number of amidine groups is 1. The molecule has 0 amide bonds. The molecule has 0 atom stereocenters. The van der Waals surface area contributed by atoms with E-state index < -0.39 is 17.3 Å². The van der Waals surface area contributed by atoms with Crippen molar-refractivity contribution in [3.63, 3.8) is 0 Å². The molecule has 3 heterocycles. The van der Waals surface area contributed by atoms with Gasteiger partial charge in [-0.15, -0.1) is 0 Å². The molecule has 2 aromatic carbocycles. The van der Waals surface area contributed by atoms with E-state index in [9.17, 15) is 14.7 Å². The number of nitrogens with zero attached hydrogens (tertiary/aromatic N) is 3. The molecule has 8 nitrogen and oxygen atoms in total. The number of rotatable bonds is 3. The molecule has 0 saturated carbocycles. The van der Waals surface area contributed by atoms with Crippen molar-refractivity contribution in [2.24, 2.45) is 10.7 Å². The number of fused-ring (bicyclic) bond motifs is 1. The van der Waals surface area contributed by atoms with Gasteiger partial charge in [0, 0.05) is 0 Å². The molecule has 8 heteroatoms. The number of esters is 1. The van der Waals surface area contributed by atoms with Gasteiger partial charge in [0.05, 0.1) is 20.2 Å². The van der Waals surface area contributed by atoms with Crippen molar-refractivity contribution >= 4 is 29.0 Å². The molecule has 5 rings (SSSR count). The van der Waals surface area contributed by atoms with Gasteiger partial charge in [0.2, 0.25) is 5.75 Å². The smallest absolute Gasteiger partial charge is 0.360 e. The molecule has 2 aliphatic heterocycles. The zero-order chi connectivity index (χ0) is 23.4. The predicted octanol–water partition coefficient (Wildman–Crippen LogP) is 2.73. The van der Waals surface area contributed by atoms with Crippen LogP contribution in [0.5, 0.6) is 5.75 Å². The summed E-state index contributed by atoms with van der Waals surface area (Å²) in [7, 11) is 1.17. The Balaban J connectivity index is 0.000000183. The molecular weight excluding hydrogens is 420 g/mol. The van der Waals surface area contributed by atoms with Crippen LogP contribution in [0.2, 0.25) is 0 Å². The van der Waals surface area contributed by atoms with E-state index in [2.05, 4.69) is 26.8 Å². The molecule has 3 N–H and O–H groups in total. The minimum Gasteiger partial charge on any atom is -0.501 e. The van der Waals surface area contributed by atoms with Crippen LogP contribution in [0.15, 0.2) is 76.5 Å². The third kappa shape index (κ3) is 4.59.